The average Bonchev–Trinajstić information content (AvgIpc) is 3.48. The third-order valence-electron chi connectivity index (χ3n) is 6.25. The molecule has 1 saturated heterocycles. The van der Waals surface area contributed by atoms with Gasteiger partial charge in [-0.3, -0.25) is 14.4 Å². The summed E-state index contributed by atoms with van der Waals surface area (Å²) < 4.78 is 20.6. The van der Waals surface area contributed by atoms with Crippen LogP contribution in [0.2, 0.25) is 0 Å². The first-order valence-electron chi connectivity index (χ1n) is 11.3. The number of likely N-dealkylation sites (tertiary alicyclic amines) is 1. The molecule has 178 valence electrons. The van der Waals surface area contributed by atoms with Crippen LogP contribution >= 0.6 is 11.3 Å². The lowest BCUT2D eigenvalue weighted by Gasteiger charge is -2.31. The second-order valence-electron chi connectivity index (χ2n) is 8.60. The normalized spacial score (nSPS) is 15.9. The molecule has 3 aromatic rings. The van der Waals surface area contributed by atoms with E-state index in [1.807, 2.05) is 29.9 Å². The van der Waals surface area contributed by atoms with Gasteiger partial charge in [0.25, 0.3) is 5.91 Å². The summed E-state index contributed by atoms with van der Waals surface area (Å²) in [5.41, 5.74) is 3.10. The molecule has 1 aliphatic rings. The van der Waals surface area contributed by atoms with Gasteiger partial charge in [0.1, 0.15) is 5.82 Å². The molecule has 1 amide bonds. The van der Waals surface area contributed by atoms with E-state index in [0.717, 1.165) is 23.4 Å². The number of halogens is 1. The van der Waals surface area contributed by atoms with Crippen LogP contribution < -0.4 is 0 Å². The van der Waals surface area contributed by atoms with Crippen LogP contribution in [0, 0.1) is 25.6 Å². The number of benzene rings is 1. The molecule has 2 aromatic heterocycles. The van der Waals surface area contributed by atoms with Gasteiger partial charge in [-0.15, -0.1) is 11.3 Å². The summed E-state index contributed by atoms with van der Waals surface area (Å²) in [7, 11) is 0. The molecule has 4 rings (SSSR count). The summed E-state index contributed by atoms with van der Waals surface area (Å²) in [6, 6.07) is 11.7. The van der Waals surface area contributed by atoms with Crippen LogP contribution in [0.15, 0.2) is 47.8 Å². The Morgan fingerprint density at radius 2 is 1.91 bits per heavy atom. The molecule has 0 saturated carbocycles. The number of piperidine rings is 1. The maximum atomic E-state index is 13.2. The lowest BCUT2D eigenvalue weighted by molar-refractivity contribution is -0.148. The number of Topliss-reactive ketones (excluding diaryl/α,β-unsaturated/α-hetero) is 1. The molecule has 8 heteroatoms. The highest BCUT2D eigenvalue weighted by molar-refractivity contribution is 7.12. The van der Waals surface area contributed by atoms with Crippen molar-refractivity contribution in [3.8, 4) is 0 Å². The number of carbonyl (C=O) groups excluding carboxylic acids is 3. The Kier molecular flexibility index (Phi) is 7.26. The zero-order valence-corrected chi connectivity index (χ0v) is 20.1. The van der Waals surface area contributed by atoms with E-state index < -0.39 is 11.9 Å². The number of hydrogen-bond acceptors (Lipinski definition) is 5. The fraction of sp³-hybridized carbons (Fsp3) is 0.346. The number of aromatic nitrogens is 1. The molecule has 0 radical (unpaired) electrons. The number of ketones is 1. The summed E-state index contributed by atoms with van der Waals surface area (Å²) >= 11 is 1.38. The lowest BCUT2D eigenvalue weighted by atomic mass is 9.98. The van der Waals surface area contributed by atoms with Crippen molar-refractivity contribution >= 4 is 29.0 Å². The lowest BCUT2D eigenvalue weighted by Crippen LogP contribution is -2.42. The standard InChI is InChI=1S/C26H27FN2O4S/c1-17-13-22(18(2)29(17)14-19-7-9-21(27)10-8-19)23(30)16-33-26(32)20-5-3-11-28(15-20)25(31)24-6-4-12-34-24/h4,6-10,12-13,20H,3,5,11,14-16H2,1-2H3. The highest BCUT2D eigenvalue weighted by Crippen LogP contribution is 2.22. The van der Waals surface area contributed by atoms with Gasteiger partial charge < -0.3 is 14.2 Å². The number of rotatable bonds is 7. The van der Waals surface area contributed by atoms with Crippen molar-refractivity contribution in [2.45, 2.75) is 33.2 Å². The number of thiophene rings is 1. The van der Waals surface area contributed by atoms with Gasteiger partial charge >= 0.3 is 5.97 Å². The third-order valence-corrected chi connectivity index (χ3v) is 7.11. The number of aryl methyl sites for hydroxylation is 1. The molecular formula is C26H27FN2O4S. The van der Waals surface area contributed by atoms with Crippen LogP contribution in [-0.4, -0.2) is 46.8 Å². The Bertz CT molecular complexity index is 1180. The second kappa shape index (κ2) is 10.3. The van der Waals surface area contributed by atoms with Crippen molar-refractivity contribution in [3.63, 3.8) is 0 Å². The Morgan fingerprint density at radius 1 is 1.15 bits per heavy atom. The second-order valence-corrected chi connectivity index (χ2v) is 9.54. The Labute approximate surface area is 202 Å². The van der Waals surface area contributed by atoms with E-state index in [0.29, 0.717) is 36.5 Å². The zero-order chi connectivity index (χ0) is 24.2. The van der Waals surface area contributed by atoms with E-state index >= 15 is 0 Å². The van der Waals surface area contributed by atoms with Crippen LogP contribution in [0.3, 0.4) is 0 Å². The van der Waals surface area contributed by atoms with Gasteiger partial charge in [0.15, 0.2) is 6.61 Å². The number of nitrogens with zero attached hydrogens (tertiary/aromatic N) is 2. The Balaban J connectivity index is 1.35. The van der Waals surface area contributed by atoms with Crippen molar-refractivity contribution in [2.24, 2.45) is 5.92 Å². The van der Waals surface area contributed by atoms with Crippen molar-refractivity contribution in [1.29, 1.82) is 0 Å². The highest BCUT2D eigenvalue weighted by Gasteiger charge is 2.31. The van der Waals surface area contributed by atoms with E-state index in [4.69, 9.17) is 4.74 Å². The summed E-state index contributed by atoms with van der Waals surface area (Å²) in [5, 5.41) is 1.85. The molecule has 1 atom stereocenters. The zero-order valence-electron chi connectivity index (χ0n) is 19.3. The molecule has 6 nitrogen and oxygen atoms in total. The van der Waals surface area contributed by atoms with E-state index in [1.54, 1.807) is 29.2 Å². The molecule has 1 aromatic carbocycles. The van der Waals surface area contributed by atoms with Crippen molar-refractivity contribution in [1.82, 2.24) is 9.47 Å². The monoisotopic (exact) mass is 482 g/mol. The maximum absolute atomic E-state index is 13.2. The van der Waals surface area contributed by atoms with E-state index in [1.165, 1.54) is 23.5 Å². The minimum absolute atomic E-state index is 0.0721. The van der Waals surface area contributed by atoms with Crippen LogP contribution in [-0.2, 0) is 16.1 Å². The van der Waals surface area contributed by atoms with E-state index in [9.17, 15) is 18.8 Å². The van der Waals surface area contributed by atoms with Gasteiger partial charge in [-0.2, -0.15) is 0 Å². The van der Waals surface area contributed by atoms with Gasteiger partial charge in [0, 0.05) is 36.6 Å². The van der Waals surface area contributed by atoms with E-state index in [-0.39, 0.29) is 24.1 Å². The molecule has 1 unspecified atom stereocenters. The first-order chi connectivity index (χ1) is 16.3. The van der Waals surface area contributed by atoms with Gasteiger partial charge in [0.05, 0.1) is 10.8 Å². The predicted molar refractivity (Wildman–Crippen MR) is 128 cm³/mol. The van der Waals surface area contributed by atoms with Gasteiger partial charge in [-0.1, -0.05) is 18.2 Å². The van der Waals surface area contributed by atoms with Crippen LogP contribution in [0.1, 0.15) is 49.8 Å². The van der Waals surface area contributed by atoms with Crippen molar-refractivity contribution < 1.29 is 23.5 Å². The molecule has 0 aliphatic carbocycles. The largest absolute Gasteiger partial charge is 0.457 e. The summed E-state index contributed by atoms with van der Waals surface area (Å²) in [6.45, 7) is 4.84. The summed E-state index contributed by atoms with van der Waals surface area (Å²) in [4.78, 5) is 40.5. The Hall–Kier alpha value is -3.26. The van der Waals surface area contributed by atoms with Crippen molar-refractivity contribution in [2.75, 3.05) is 19.7 Å². The quantitative estimate of drug-likeness (QED) is 0.364. The maximum Gasteiger partial charge on any atom is 0.311 e. The van der Waals surface area contributed by atoms with Gasteiger partial charge in [0.2, 0.25) is 5.78 Å². The molecule has 0 N–H and O–H groups in total. The molecule has 34 heavy (non-hydrogen) atoms. The average molecular weight is 483 g/mol. The molecule has 1 aliphatic heterocycles. The van der Waals surface area contributed by atoms with Gasteiger partial charge in [-0.05, 0) is 61.9 Å². The highest BCUT2D eigenvalue weighted by atomic mass is 32.1. The van der Waals surface area contributed by atoms with Crippen molar-refractivity contribution in [3.05, 3.63) is 81.1 Å². The number of carbonyl (C=O) groups is 3. The fourth-order valence-corrected chi connectivity index (χ4v) is 5.03. The number of hydrogen-bond donors (Lipinski definition) is 0. The fourth-order valence-electron chi connectivity index (χ4n) is 4.34. The van der Waals surface area contributed by atoms with Gasteiger partial charge in [-0.25, -0.2) is 4.39 Å². The van der Waals surface area contributed by atoms with Crippen LogP contribution in [0.25, 0.3) is 0 Å². The molecule has 0 bridgehead atoms. The molecule has 0 spiro atoms. The summed E-state index contributed by atoms with van der Waals surface area (Å²) in [5.74, 6) is -1.51. The third kappa shape index (κ3) is 5.28. The topological polar surface area (TPSA) is 68.6 Å². The smallest absolute Gasteiger partial charge is 0.311 e. The minimum Gasteiger partial charge on any atom is -0.457 e. The molecular weight excluding hydrogens is 455 g/mol. The SMILES string of the molecule is Cc1cc(C(=O)COC(=O)C2CCCN(C(=O)c3cccs3)C2)c(C)n1Cc1ccc(F)cc1. The Morgan fingerprint density at radius 3 is 2.62 bits per heavy atom. The first kappa shape index (κ1) is 23.9. The van der Waals surface area contributed by atoms with Crippen LogP contribution in [0.5, 0.6) is 0 Å². The molecule has 1 fully saturated rings. The predicted octanol–water partition coefficient (Wildman–Crippen LogP) is 4.63. The molecule has 3 heterocycles. The number of esters is 1. The van der Waals surface area contributed by atoms with E-state index in [2.05, 4.69) is 0 Å². The first-order valence-corrected chi connectivity index (χ1v) is 12.1. The number of amides is 1. The minimum atomic E-state index is -0.447. The summed E-state index contributed by atoms with van der Waals surface area (Å²) in [6.07, 6.45) is 1.35. The van der Waals surface area contributed by atoms with Crippen LogP contribution in [0.4, 0.5) is 4.39 Å². The number of ether oxygens (including phenoxy) is 1.